The lowest BCUT2D eigenvalue weighted by Crippen LogP contribution is -2.15. The molecule has 184 valence electrons. The summed E-state index contributed by atoms with van der Waals surface area (Å²) in [5, 5.41) is 2.50. The molecule has 0 saturated carbocycles. The third kappa shape index (κ3) is 7.49. The van der Waals surface area contributed by atoms with Gasteiger partial charge in [0.25, 0.3) is 0 Å². The number of aromatic nitrogens is 1. The Labute approximate surface area is 201 Å². The zero-order valence-electron chi connectivity index (χ0n) is 19.8. The Morgan fingerprint density at radius 3 is 2.29 bits per heavy atom. The van der Waals surface area contributed by atoms with Crippen LogP contribution in [0.3, 0.4) is 0 Å². The van der Waals surface area contributed by atoms with E-state index in [2.05, 4.69) is 10.3 Å². The Balaban J connectivity index is 2.47. The molecule has 1 heterocycles. The first-order chi connectivity index (χ1) is 16.5. The average Bonchev–Trinajstić information content (AvgIpc) is 2.78. The number of nitrogens with zero attached hydrogens (tertiary/aromatic N) is 1. The number of carbonyl (C=O) groups excluding carboxylic acids is 5. The molecular formula is C24H24N2O9. The number of nitrogens with one attached hydrogen (secondary N) is 1. The monoisotopic (exact) mass is 484 g/mol. The highest BCUT2D eigenvalue weighted by Gasteiger charge is 2.20. The van der Waals surface area contributed by atoms with Crippen molar-refractivity contribution in [1.29, 1.82) is 0 Å². The number of aryl methyl sites for hydroxylation is 1. The van der Waals surface area contributed by atoms with Crippen LogP contribution >= 0.6 is 0 Å². The van der Waals surface area contributed by atoms with Gasteiger partial charge in [-0.2, -0.15) is 0 Å². The number of esters is 4. The van der Waals surface area contributed by atoms with Crippen molar-refractivity contribution in [2.24, 2.45) is 0 Å². The van der Waals surface area contributed by atoms with E-state index < -0.39 is 29.8 Å². The number of para-hydroxylation sites is 1. The van der Waals surface area contributed by atoms with Crippen molar-refractivity contribution in [2.45, 2.75) is 34.3 Å². The molecule has 0 radical (unpaired) electrons. The highest BCUT2D eigenvalue weighted by atomic mass is 16.5. The average molecular weight is 484 g/mol. The summed E-state index contributed by atoms with van der Waals surface area (Å²) in [6.45, 7) is 5.03. The zero-order chi connectivity index (χ0) is 26.1. The van der Waals surface area contributed by atoms with E-state index in [-0.39, 0.29) is 34.9 Å². The van der Waals surface area contributed by atoms with Crippen molar-refractivity contribution < 1.29 is 42.9 Å². The van der Waals surface area contributed by atoms with Crippen LogP contribution in [0.5, 0.6) is 11.5 Å². The largest absolute Gasteiger partial charge is 0.465 e. The summed E-state index contributed by atoms with van der Waals surface area (Å²) in [7, 11) is 1.17. The lowest BCUT2D eigenvalue weighted by Gasteiger charge is -2.14. The Bertz CT molecular complexity index is 1200. The Hall–Kier alpha value is -4.54. The van der Waals surface area contributed by atoms with E-state index in [0.29, 0.717) is 11.3 Å². The number of benzene rings is 1. The zero-order valence-corrected chi connectivity index (χ0v) is 19.8. The fourth-order valence-electron chi connectivity index (χ4n) is 2.90. The molecule has 1 aromatic heterocycles. The number of anilines is 1. The van der Waals surface area contributed by atoms with Crippen LogP contribution in [0.4, 0.5) is 5.69 Å². The molecule has 0 atom stereocenters. The fraction of sp³-hybridized carbons (Fsp3) is 0.250. The van der Waals surface area contributed by atoms with Gasteiger partial charge < -0.3 is 24.3 Å². The van der Waals surface area contributed by atoms with E-state index in [4.69, 9.17) is 18.9 Å². The number of hydrogen-bond donors (Lipinski definition) is 1. The first-order valence-electron chi connectivity index (χ1n) is 10.2. The van der Waals surface area contributed by atoms with Crippen molar-refractivity contribution >= 4 is 41.5 Å². The molecule has 0 aliphatic heterocycles. The third-order valence-corrected chi connectivity index (χ3v) is 4.34. The minimum absolute atomic E-state index is 0.0381. The summed E-state index contributed by atoms with van der Waals surface area (Å²) >= 11 is 0. The Morgan fingerprint density at radius 2 is 1.69 bits per heavy atom. The molecule has 1 aromatic carbocycles. The van der Waals surface area contributed by atoms with Crippen LogP contribution in [0.25, 0.3) is 6.08 Å². The topological polar surface area (TPSA) is 147 Å². The minimum Gasteiger partial charge on any atom is -0.465 e. The maximum Gasteiger partial charge on any atom is 0.340 e. The van der Waals surface area contributed by atoms with Crippen LogP contribution in [-0.4, -0.2) is 41.9 Å². The van der Waals surface area contributed by atoms with E-state index in [1.54, 1.807) is 6.92 Å². The molecule has 11 heteroatoms. The van der Waals surface area contributed by atoms with Crippen molar-refractivity contribution in [1.82, 2.24) is 4.98 Å². The standard InChI is InChI=1S/C24H24N2O9/c1-13-23(35-16(4)29)18(17(11-25-13)12-33-14(2)27)9-10-21(30)26-22-19(24(31)32-5)7-6-8-20(22)34-15(3)28/h6-11H,12H2,1-5H3,(H,26,30)/b10-9+. The second-order valence-corrected chi connectivity index (χ2v) is 7.07. The van der Waals surface area contributed by atoms with Crippen LogP contribution in [0.15, 0.2) is 30.5 Å². The number of hydrogen-bond acceptors (Lipinski definition) is 10. The summed E-state index contributed by atoms with van der Waals surface area (Å²) in [5.74, 6) is -3.26. The van der Waals surface area contributed by atoms with Crippen molar-refractivity contribution in [3.63, 3.8) is 0 Å². The van der Waals surface area contributed by atoms with E-state index in [1.165, 1.54) is 58.4 Å². The highest BCUT2D eigenvalue weighted by molar-refractivity contribution is 6.08. The number of carbonyl (C=O) groups is 5. The van der Waals surface area contributed by atoms with Gasteiger partial charge in [-0.05, 0) is 25.1 Å². The van der Waals surface area contributed by atoms with Crippen molar-refractivity contribution in [3.8, 4) is 11.5 Å². The van der Waals surface area contributed by atoms with E-state index in [1.807, 2.05) is 0 Å². The summed E-state index contributed by atoms with van der Waals surface area (Å²) < 4.78 is 20.1. The molecule has 0 fully saturated rings. The summed E-state index contributed by atoms with van der Waals surface area (Å²) in [6, 6.07) is 4.25. The molecule has 2 rings (SSSR count). The molecule has 0 spiro atoms. The quantitative estimate of drug-likeness (QED) is 0.337. The minimum atomic E-state index is -0.760. The number of rotatable bonds is 8. The predicted octanol–water partition coefficient (Wildman–Crippen LogP) is 2.74. The number of amides is 1. The van der Waals surface area contributed by atoms with Gasteiger partial charge in [0, 0.05) is 44.2 Å². The second kappa shape index (κ2) is 12.1. The van der Waals surface area contributed by atoms with Crippen LogP contribution in [-0.2, 0) is 35.3 Å². The van der Waals surface area contributed by atoms with Gasteiger partial charge in [0.1, 0.15) is 6.61 Å². The maximum atomic E-state index is 12.8. The van der Waals surface area contributed by atoms with E-state index >= 15 is 0 Å². The normalized spacial score (nSPS) is 10.4. The predicted molar refractivity (Wildman–Crippen MR) is 123 cm³/mol. The first-order valence-corrected chi connectivity index (χ1v) is 10.2. The van der Waals surface area contributed by atoms with Gasteiger partial charge in [-0.1, -0.05) is 6.07 Å². The fourth-order valence-corrected chi connectivity index (χ4v) is 2.90. The highest BCUT2D eigenvalue weighted by Crippen LogP contribution is 2.30. The van der Waals surface area contributed by atoms with Crippen LogP contribution in [0.1, 0.15) is 48.0 Å². The molecular weight excluding hydrogens is 460 g/mol. The number of methoxy groups -OCH3 is 1. The van der Waals surface area contributed by atoms with Crippen molar-refractivity contribution in [3.05, 3.63) is 52.9 Å². The first kappa shape index (κ1) is 26.7. The molecule has 0 aliphatic carbocycles. The SMILES string of the molecule is COC(=O)c1cccc(OC(C)=O)c1NC(=O)/C=C/c1c(COC(C)=O)cnc(C)c1OC(C)=O. The van der Waals surface area contributed by atoms with Gasteiger partial charge in [-0.3, -0.25) is 24.2 Å². The summed E-state index contributed by atoms with van der Waals surface area (Å²) in [6.07, 6.45) is 3.87. The van der Waals surface area contributed by atoms with Gasteiger partial charge >= 0.3 is 23.9 Å². The van der Waals surface area contributed by atoms with Gasteiger partial charge in [0.05, 0.1) is 24.1 Å². The molecule has 35 heavy (non-hydrogen) atoms. The van der Waals surface area contributed by atoms with Crippen LogP contribution in [0, 0.1) is 6.92 Å². The molecule has 0 unspecified atom stereocenters. The van der Waals surface area contributed by atoms with Crippen LogP contribution < -0.4 is 14.8 Å². The smallest absolute Gasteiger partial charge is 0.340 e. The molecule has 2 aromatic rings. The van der Waals surface area contributed by atoms with Crippen LogP contribution in [0.2, 0.25) is 0 Å². The Morgan fingerprint density at radius 1 is 1.00 bits per heavy atom. The number of ether oxygens (including phenoxy) is 4. The molecule has 0 saturated heterocycles. The summed E-state index contributed by atoms with van der Waals surface area (Å²) in [5.41, 5.74) is 0.909. The van der Waals surface area contributed by atoms with Crippen molar-refractivity contribution in [2.75, 3.05) is 12.4 Å². The van der Waals surface area contributed by atoms with E-state index in [9.17, 15) is 24.0 Å². The molecule has 1 amide bonds. The lowest BCUT2D eigenvalue weighted by atomic mass is 10.1. The third-order valence-electron chi connectivity index (χ3n) is 4.34. The molecule has 1 N–H and O–H groups in total. The number of pyridine rings is 1. The van der Waals surface area contributed by atoms with Gasteiger partial charge in [-0.15, -0.1) is 0 Å². The summed E-state index contributed by atoms with van der Waals surface area (Å²) in [4.78, 5) is 63.4. The van der Waals surface area contributed by atoms with Gasteiger partial charge in [0.2, 0.25) is 5.91 Å². The maximum absolute atomic E-state index is 12.8. The second-order valence-electron chi connectivity index (χ2n) is 7.07. The molecule has 11 nitrogen and oxygen atoms in total. The van der Waals surface area contributed by atoms with E-state index in [0.717, 1.165) is 6.08 Å². The molecule has 0 bridgehead atoms. The van der Waals surface area contributed by atoms with Gasteiger partial charge in [0.15, 0.2) is 11.5 Å². The Kier molecular flexibility index (Phi) is 9.21. The molecule has 0 aliphatic rings. The lowest BCUT2D eigenvalue weighted by molar-refractivity contribution is -0.142. The van der Waals surface area contributed by atoms with Gasteiger partial charge in [-0.25, -0.2) is 4.79 Å².